The predicted molar refractivity (Wildman–Crippen MR) is 101 cm³/mol. The Labute approximate surface area is 153 Å². The van der Waals surface area contributed by atoms with E-state index in [2.05, 4.69) is 5.32 Å². The SMILES string of the molecule is Cc1cccc(N(CC(=O)NCc2ccc(Cl)cc2)S(C)(=O)=O)c1C. The molecule has 2 aromatic carbocycles. The number of carbonyl (C=O) groups excluding carboxylic acids is 1. The van der Waals surface area contributed by atoms with Gasteiger partial charge in [0.2, 0.25) is 15.9 Å². The minimum Gasteiger partial charge on any atom is -0.350 e. The molecular weight excluding hydrogens is 360 g/mol. The first kappa shape index (κ1) is 19.3. The number of hydrogen-bond donors (Lipinski definition) is 1. The summed E-state index contributed by atoms with van der Waals surface area (Å²) in [6, 6.07) is 12.5. The molecule has 25 heavy (non-hydrogen) atoms. The van der Waals surface area contributed by atoms with Gasteiger partial charge in [-0.15, -0.1) is 0 Å². The number of halogens is 1. The van der Waals surface area contributed by atoms with Crippen LogP contribution in [0.5, 0.6) is 0 Å². The lowest BCUT2D eigenvalue weighted by Crippen LogP contribution is -2.40. The fraction of sp³-hybridized carbons (Fsp3) is 0.278. The Morgan fingerprint density at radius 2 is 1.76 bits per heavy atom. The zero-order valence-corrected chi connectivity index (χ0v) is 16.0. The van der Waals surface area contributed by atoms with Crippen molar-refractivity contribution in [2.24, 2.45) is 0 Å². The van der Waals surface area contributed by atoms with E-state index in [1.807, 2.05) is 32.0 Å². The molecule has 0 unspecified atom stereocenters. The van der Waals surface area contributed by atoms with Crippen LogP contribution >= 0.6 is 11.6 Å². The van der Waals surface area contributed by atoms with Gasteiger partial charge in [-0.3, -0.25) is 9.10 Å². The number of nitrogens with one attached hydrogen (secondary N) is 1. The smallest absolute Gasteiger partial charge is 0.241 e. The fourth-order valence-corrected chi connectivity index (χ4v) is 3.41. The number of amides is 1. The first-order valence-corrected chi connectivity index (χ1v) is 9.96. The zero-order chi connectivity index (χ0) is 18.6. The number of anilines is 1. The van der Waals surface area contributed by atoms with Crippen molar-refractivity contribution in [1.29, 1.82) is 0 Å². The molecule has 0 aromatic heterocycles. The highest BCUT2D eigenvalue weighted by atomic mass is 35.5. The lowest BCUT2D eigenvalue weighted by Gasteiger charge is -2.24. The van der Waals surface area contributed by atoms with Crippen molar-refractivity contribution in [3.63, 3.8) is 0 Å². The molecule has 0 atom stereocenters. The second-order valence-electron chi connectivity index (χ2n) is 5.89. The molecule has 7 heteroatoms. The molecule has 0 heterocycles. The van der Waals surface area contributed by atoms with Crippen molar-refractivity contribution < 1.29 is 13.2 Å². The zero-order valence-electron chi connectivity index (χ0n) is 14.4. The number of nitrogens with zero attached hydrogens (tertiary/aromatic N) is 1. The van der Waals surface area contributed by atoms with Crippen molar-refractivity contribution in [3.8, 4) is 0 Å². The average molecular weight is 381 g/mol. The Morgan fingerprint density at radius 1 is 1.12 bits per heavy atom. The van der Waals surface area contributed by atoms with Crippen LogP contribution in [0.15, 0.2) is 42.5 Å². The normalized spacial score (nSPS) is 11.2. The van der Waals surface area contributed by atoms with Gasteiger partial charge in [-0.2, -0.15) is 0 Å². The van der Waals surface area contributed by atoms with Crippen LogP contribution in [0.2, 0.25) is 5.02 Å². The van der Waals surface area contributed by atoms with Gasteiger partial charge in [0.15, 0.2) is 0 Å². The molecule has 0 spiro atoms. The van der Waals surface area contributed by atoms with E-state index >= 15 is 0 Å². The molecule has 0 radical (unpaired) electrons. The highest BCUT2D eigenvalue weighted by Gasteiger charge is 2.22. The Balaban J connectivity index is 2.13. The summed E-state index contributed by atoms with van der Waals surface area (Å²) in [7, 11) is -3.59. The minimum atomic E-state index is -3.59. The molecule has 0 aliphatic rings. The van der Waals surface area contributed by atoms with Crippen LogP contribution in [-0.4, -0.2) is 27.1 Å². The number of aryl methyl sites for hydroxylation is 1. The highest BCUT2D eigenvalue weighted by Crippen LogP contribution is 2.24. The predicted octanol–water partition coefficient (Wildman–Crippen LogP) is 3.04. The van der Waals surface area contributed by atoms with Crippen LogP contribution in [0.25, 0.3) is 0 Å². The van der Waals surface area contributed by atoms with Gasteiger partial charge in [0, 0.05) is 11.6 Å². The van der Waals surface area contributed by atoms with E-state index < -0.39 is 10.0 Å². The molecule has 0 bridgehead atoms. The first-order valence-electron chi connectivity index (χ1n) is 7.73. The number of hydrogen-bond acceptors (Lipinski definition) is 3. The van der Waals surface area contributed by atoms with Crippen molar-refractivity contribution >= 4 is 33.2 Å². The minimum absolute atomic E-state index is 0.267. The topological polar surface area (TPSA) is 66.5 Å². The largest absolute Gasteiger partial charge is 0.350 e. The molecule has 0 fully saturated rings. The van der Waals surface area contributed by atoms with E-state index in [0.29, 0.717) is 17.3 Å². The van der Waals surface area contributed by atoms with E-state index in [0.717, 1.165) is 27.3 Å². The average Bonchev–Trinajstić information content (AvgIpc) is 2.54. The molecule has 0 aliphatic carbocycles. The molecule has 134 valence electrons. The molecular formula is C18H21ClN2O3S. The third-order valence-corrected chi connectivity index (χ3v) is 5.31. The van der Waals surface area contributed by atoms with E-state index in [9.17, 15) is 13.2 Å². The molecule has 5 nitrogen and oxygen atoms in total. The summed E-state index contributed by atoms with van der Waals surface area (Å²) in [6.07, 6.45) is 1.10. The number of sulfonamides is 1. The number of benzene rings is 2. The van der Waals surface area contributed by atoms with Crippen LogP contribution in [0.3, 0.4) is 0 Å². The van der Waals surface area contributed by atoms with E-state index in [4.69, 9.17) is 11.6 Å². The summed E-state index contributed by atoms with van der Waals surface area (Å²) >= 11 is 5.83. The van der Waals surface area contributed by atoms with Gasteiger partial charge >= 0.3 is 0 Å². The molecule has 0 saturated heterocycles. The highest BCUT2D eigenvalue weighted by molar-refractivity contribution is 7.92. The van der Waals surface area contributed by atoms with Gasteiger partial charge in [0.1, 0.15) is 6.54 Å². The van der Waals surface area contributed by atoms with Crippen LogP contribution in [0, 0.1) is 13.8 Å². The Bertz CT molecular complexity index is 864. The maximum Gasteiger partial charge on any atom is 0.241 e. The summed E-state index contributed by atoms with van der Waals surface area (Å²) in [6.45, 7) is 3.78. The maximum atomic E-state index is 12.3. The van der Waals surface area contributed by atoms with Crippen molar-refractivity contribution in [1.82, 2.24) is 5.32 Å². The van der Waals surface area contributed by atoms with Gasteiger partial charge in [-0.05, 0) is 48.7 Å². The summed E-state index contributed by atoms with van der Waals surface area (Å²) in [4.78, 5) is 12.3. The third-order valence-electron chi connectivity index (χ3n) is 3.94. The quantitative estimate of drug-likeness (QED) is 0.837. The first-order chi connectivity index (χ1) is 11.7. The van der Waals surface area contributed by atoms with Crippen LogP contribution in [0.4, 0.5) is 5.69 Å². The van der Waals surface area contributed by atoms with Crippen LogP contribution < -0.4 is 9.62 Å². The second kappa shape index (κ2) is 7.89. The van der Waals surface area contributed by atoms with Gasteiger partial charge in [-0.1, -0.05) is 35.9 Å². The molecule has 0 saturated carbocycles. The Morgan fingerprint density at radius 3 is 2.36 bits per heavy atom. The van der Waals surface area contributed by atoms with Gasteiger partial charge in [0.25, 0.3) is 0 Å². The third kappa shape index (κ3) is 5.21. The second-order valence-corrected chi connectivity index (χ2v) is 8.24. The van der Waals surface area contributed by atoms with E-state index in [1.165, 1.54) is 0 Å². The van der Waals surface area contributed by atoms with Gasteiger partial charge in [0.05, 0.1) is 11.9 Å². The van der Waals surface area contributed by atoms with Gasteiger partial charge < -0.3 is 5.32 Å². The monoisotopic (exact) mass is 380 g/mol. The van der Waals surface area contributed by atoms with Crippen LogP contribution in [-0.2, 0) is 21.4 Å². The van der Waals surface area contributed by atoms with Crippen LogP contribution in [0.1, 0.15) is 16.7 Å². The van der Waals surface area contributed by atoms with Crippen molar-refractivity contribution in [2.75, 3.05) is 17.1 Å². The summed E-state index contributed by atoms with van der Waals surface area (Å²) in [5, 5.41) is 3.36. The standard InChI is InChI=1S/C18H21ClN2O3S/c1-13-5-4-6-17(14(13)2)21(25(3,23)24)12-18(22)20-11-15-7-9-16(19)10-8-15/h4-10H,11-12H2,1-3H3,(H,20,22). The fourth-order valence-electron chi connectivity index (χ4n) is 2.38. The lowest BCUT2D eigenvalue weighted by atomic mass is 10.1. The molecule has 2 rings (SSSR count). The van der Waals surface area contributed by atoms with E-state index in [-0.39, 0.29) is 12.5 Å². The lowest BCUT2D eigenvalue weighted by molar-refractivity contribution is -0.119. The Hall–Kier alpha value is -2.05. The van der Waals surface area contributed by atoms with Crippen molar-refractivity contribution in [2.45, 2.75) is 20.4 Å². The number of rotatable bonds is 6. The van der Waals surface area contributed by atoms with Crippen molar-refractivity contribution in [3.05, 3.63) is 64.2 Å². The van der Waals surface area contributed by atoms with Gasteiger partial charge in [-0.25, -0.2) is 8.42 Å². The molecule has 0 aliphatic heterocycles. The maximum absolute atomic E-state index is 12.3. The number of carbonyl (C=O) groups is 1. The molecule has 1 N–H and O–H groups in total. The Kier molecular flexibility index (Phi) is 6.08. The molecule has 2 aromatic rings. The summed E-state index contributed by atoms with van der Waals surface area (Å²) in [5.41, 5.74) is 3.20. The summed E-state index contributed by atoms with van der Waals surface area (Å²) < 4.78 is 25.5. The van der Waals surface area contributed by atoms with E-state index in [1.54, 1.807) is 24.3 Å². The molecule has 1 amide bonds. The summed E-state index contributed by atoms with van der Waals surface area (Å²) in [5.74, 6) is -0.374.